The van der Waals surface area contributed by atoms with Gasteiger partial charge in [0.25, 0.3) is 5.91 Å². The van der Waals surface area contributed by atoms with Crippen LogP contribution in [0.15, 0.2) is 48.5 Å². The minimum Gasteiger partial charge on any atom is -0.497 e. The first-order valence-corrected chi connectivity index (χ1v) is 10.1. The Kier molecular flexibility index (Phi) is 5.41. The van der Waals surface area contributed by atoms with Gasteiger partial charge in [-0.25, -0.2) is 0 Å². The van der Waals surface area contributed by atoms with Crippen LogP contribution in [0.2, 0.25) is 0 Å². The van der Waals surface area contributed by atoms with Gasteiger partial charge in [-0.2, -0.15) is 13.2 Å². The number of methoxy groups -OCH3 is 1. The lowest BCUT2D eigenvalue weighted by Gasteiger charge is -2.52. The molecule has 0 aliphatic carbocycles. The fourth-order valence-electron chi connectivity index (χ4n) is 4.32. The number of ether oxygens (including phenoxy) is 1. The number of piperidine rings is 1. The smallest absolute Gasteiger partial charge is 0.416 e. The molecule has 2 aliphatic rings. The van der Waals surface area contributed by atoms with E-state index < -0.39 is 17.2 Å². The molecule has 2 amide bonds. The molecule has 0 radical (unpaired) electrons. The number of β-lactam (4-membered cyclic amide) rings is 1. The Labute approximate surface area is 178 Å². The Balaban J connectivity index is 1.32. The molecule has 1 spiro atoms. The van der Waals surface area contributed by atoms with Crippen LogP contribution in [0, 0.1) is 5.41 Å². The number of rotatable bonds is 4. The molecule has 2 heterocycles. The summed E-state index contributed by atoms with van der Waals surface area (Å²) in [7, 11) is 1.60. The van der Waals surface area contributed by atoms with E-state index in [4.69, 9.17) is 4.74 Å². The summed E-state index contributed by atoms with van der Waals surface area (Å²) in [4.78, 5) is 28.9. The zero-order valence-electron chi connectivity index (χ0n) is 17.1. The van der Waals surface area contributed by atoms with E-state index in [-0.39, 0.29) is 17.4 Å². The van der Waals surface area contributed by atoms with Crippen molar-refractivity contribution in [3.05, 3.63) is 65.2 Å². The van der Waals surface area contributed by atoms with Gasteiger partial charge in [-0.05, 0) is 54.8 Å². The van der Waals surface area contributed by atoms with E-state index in [0.29, 0.717) is 39.0 Å². The Hall–Kier alpha value is -3.03. The molecular formula is C23H23F3N2O3. The molecule has 2 saturated heterocycles. The number of carbonyl (C=O) groups excluding carboxylic acids is 2. The van der Waals surface area contributed by atoms with Crippen molar-refractivity contribution in [1.82, 2.24) is 9.80 Å². The molecule has 0 saturated carbocycles. The topological polar surface area (TPSA) is 49.9 Å². The average molecular weight is 432 g/mol. The van der Waals surface area contributed by atoms with Crippen LogP contribution in [-0.2, 0) is 17.5 Å². The molecular weight excluding hydrogens is 409 g/mol. The Morgan fingerprint density at radius 1 is 1.03 bits per heavy atom. The highest BCUT2D eigenvalue weighted by atomic mass is 19.4. The number of amides is 2. The summed E-state index contributed by atoms with van der Waals surface area (Å²) in [5.41, 5.74) is 0.0474. The maximum atomic E-state index is 12.8. The molecule has 0 N–H and O–H groups in total. The van der Waals surface area contributed by atoms with Crippen LogP contribution in [0.1, 0.15) is 34.3 Å². The summed E-state index contributed by atoms with van der Waals surface area (Å²) in [6.07, 6.45) is -3.30. The second-order valence-electron chi connectivity index (χ2n) is 8.16. The van der Waals surface area contributed by atoms with E-state index in [1.54, 1.807) is 12.0 Å². The maximum Gasteiger partial charge on any atom is 0.416 e. The van der Waals surface area contributed by atoms with Crippen molar-refractivity contribution in [2.75, 3.05) is 26.7 Å². The van der Waals surface area contributed by atoms with Crippen molar-refractivity contribution in [3.8, 4) is 5.75 Å². The normalized spacial score (nSPS) is 18.1. The monoisotopic (exact) mass is 432 g/mol. The summed E-state index contributed by atoms with van der Waals surface area (Å²) >= 11 is 0. The summed E-state index contributed by atoms with van der Waals surface area (Å²) in [6, 6.07) is 11.9. The molecule has 0 unspecified atom stereocenters. The van der Waals surface area contributed by atoms with Crippen LogP contribution < -0.4 is 4.74 Å². The van der Waals surface area contributed by atoms with Gasteiger partial charge >= 0.3 is 6.18 Å². The van der Waals surface area contributed by atoms with Crippen molar-refractivity contribution in [2.24, 2.45) is 5.41 Å². The number of halogens is 3. The third kappa shape index (κ3) is 4.11. The van der Waals surface area contributed by atoms with E-state index in [0.717, 1.165) is 23.4 Å². The molecule has 8 heteroatoms. The second kappa shape index (κ2) is 7.90. The highest BCUT2D eigenvalue weighted by Crippen LogP contribution is 2.42. The third-order valence-electron chi connectivity index (χ3n) is 6.23. The number of nitrogens with zero attached hydrogens (tertiary/aromatic N) is 2. The largest absolute Gasteiger partial charge is 0.497 e. The summed E-state index contributed by atoms with van der Waals surface area (Å²) in [5, 5.41) is 0. The molecule has 164 valence electrons. The predicted molar refractivity (Wildman–Crippen MR) is 107 cm³/mol. The highest BCUT2D eigenvalue weighted by molar-refractivity contribution is 5.95. The van der Waals surface area contributed by atoms with Crippen LogP contribution in [0.4, 0.5) is 13.2 Å². The number of carbonyl (C=O) groups is 2. The second-order valence-corrected chi connectivity index (χ2v) is 8.16. The Morgan fingerprint density at radius 3 is 2.16 bits per heavy atom. The molecule has 2 fully saturated rings. The molecule has 31 heavy (non-hydrogen) atoms. The maximum absolute atomic E-state index is 12.8. The first kappa shape index (κ1) is 21.2. The van der Waals surface area contributed by atoms with Gasteiger partial charge in [0, 0.05) is 31.7 Å². The summed E-state index contributed by atoms with van der Waals surface area (Å²) < 4.78 is 43.3. The van der Waals surface area contributed by atoms with Crippen molar-refractivity contribution in [2.45, 2.75) is 25.6 Å². The number of benzene rings is 2. The van der Waals surface area contributed by atoms with E-state index in [2.05, 4.69) is 0 Å². The van der Waals surface area contributed by atoms with Crippen LogP contribution in [0.5, 0.6) is 5.75 Å². The van der Waals surface area contributed by atoms with Crippen LogP contribution in [-0.4, -0.2) is 48.4 Å². The van der Waals surface area contributed by atoms with Crippen molar-refractivity contribution < 1.29 is 27.5 Å². The molecule has 0 atom stereocenters. The van der Waals surface area contributed by atoms with Crippen LogP contribution in [0.3, 0.4) is 0 Å². The summed E-state index contributed by atoms with van der Waals surface area (Å²) in [6.45, 7) is 2.03. The van der Waals surface area contributed by atoms with Gasteiger partial charge in [0.05, 0.1) is 18.1 Å². The van der Waals surface area contributed by atoms with Gasteiger partial charge in [-0.15, -0.1) is 0 Å². The Morgan fingerprint density at radius 2 is 1.65 bits per heavy atom. The van der Waals surface area contributed by atoms with Gasteiger partial charge in [0.1, 0.15) is 5.75 Å². The zero-order chi connectivity index (χ0) is 22.2. The van der Waals surface area contributed by atoms with Crippen LogP contribution >= 0.6 is 0 Å². The summed E-state index contributed by atoms with van der Waals surface area (Å²) in [5.74, 6) is 0.565. The first-order chi connectivity index (χ1) is 14.7. The van der Waals surface area contributed by atoms with E-state index in [1.165, 1.54) is 12.1 Å². The lowest BCUT2D eigenvalue weighted by Crippen LogP contribution is -2.64. The lowest BCUT2D eigenvalue weighted by molar-refractivity contribution is -0.165. The molecule has 0 bridgehead atoms. The quantitative estimate of drug-likeness (QED) is 0.687. The fraction of sp³-hybridized carbons (Fsp3) is 0.391. The van der Waals surface area contributed by atoms with Gasteiger partial charge in [-0.1, -0.05) is 12.1 Å². The average Bonchev–Trinajstić information content (AvgIpc) is 2.78. The van der Waals surface area contributed by atoms with Crippen LogP contribution in [0.25, 0.3) is 0 Å². The molecule has 2 aromatic rings. The standard InChI is InChI=1S/C23H23F3N2O3/c1-31-19-8-2-16(3-9-19)14-28-15-22(21(28)30)10-12-27(13-11-22)20(29)17-4-6-18(7-5-17)23(24,25)26/h2-9H,10-15H2,1H3. The number of hydrogen-bond donors (Lipinski definition) is 0. The highest BCUT2D eigenvalue weighted by Gasteiger charge is 2.53. The van der Waals surface area contributed by atoms with E-state index in [9.17, 15) is 22.8 Å². The molecule has 0 aromatic heterocycles. The fourth-order valence-corrected chi connectivity index (χ4v) is 4.32. The van der Waals surface area contributed by atoms with Gasteiger partial charge in [0.15, 0.2) is 0 Å². The van der Waals surface area contributed by atoms with E-state index in [1.807, 2.05) is 29.2 Å². The van der Waals surface area contributed by atoms with Crippen molar-refractivity contribution in [3.63, 3.8) is 0 Å². The zero-order valence-corrected chi connectivity index (χ0v) is 17.1. The van der Waals surface area contributed by atoms with Gasteiger partial charge < -0.3 is 14.5 Å². The lowest BCUT2D eigenvalue weighted by atomic mass is 9.71. The molecule has 2 aromatic carbocycles. The van der Waals surface area contributed by atoms with E-state index >= 15 is 0 Å². The third-order valence-corrected chi connectivity index (χ3v) is 6.23. The molecule has 4 rings (SSSR count). The molecule has 2 aliphatic heterocycles. The minimum atomic E-state index is -4.43. The number of hydrogen-bond acceptors (Lipinski definition) is 3. The van der Waals surface area contributed by atoms with Crippen molar-refractivity contribution >= 4 is 11.8 Å². The Bertz CT molecular complexity index is 963. The molecule has 5 nitrogen and oxygen atoms in total. The predicted octanol–water partition coefficient (Wildman–Crippen LogP) is 3.98. The number of likely N-dealkylation sites (tertiary alicyclic amines) is 2. The van der Waals surface area contributed by atoms with Gasteiger partial charge in [-0.3, -0.25) is 9.59 Å². The first-order valence-electron chi connectivity index (χ1n) is 10.1. The SMILES string of the molecule is COc1ccc(CN2CC3(CCN(C(=O)c4ccc(C(F)(F)F)cc4)CC3)C2=O)cc1. The number of alkyl halides is 3. The minimum absolute atomic E-state index is 0.102. The van der Waals surface area contributed by atoms with Gasteiger partial charge in [0.2, 0.25) is 5.91 Å². The van der Waals surface area contributed by atoms with Crippen molar-refractivity contribution in [1.29, 1.82) is 0 Å².